The van der Waals surface area contributed by atoms with Gasteiger partial charge in [-0.2, -0.15) is 0 Å². The lowest BCUT2D eigenvalue weighted by Crippen LogP contribution is -1.99. The van der Waals surface area contributed by atoms with E-state index in [0.717, 1.165) is 5.56 Å². The second-order valence-corrected chi connectivity index (χ2v) is 6.35. The highest BCUT2D eigenvalue weighted by Crippen LogP contribution is 2.07. The molecule has 0 bridgehead atoms. The van der Waals surface area contributed by atoms with Crippen LogP contribution < -0.4 is 0 Å². The van der Waals surface area contributed by atoms with Crippen LogP contribution in [0.1, 0.15) is 11.3 Å². The van der Waals surface area contributed by atoms with Crippen LogP contribution in [-0.2, 0) is 21.3 Å². The lowest BCUT2D eigenvalue weighted by molar-refractivity contribution is 0.608. The third-order valence-electron chi connectivity index (χ3n) is 2.09. The number of rotatable bonds is 4. The molecule has 0 atom stereocenters. The molecule has 0 aliphatic carbocycles. The number of hydrogen-bond acceptors (Lipinski definition) is 4. The van der Waals surface area contributed by atoms with Crippen LogP contribution in [0.25, 0.3) is 0 Å². The summed E-state index contributed by atoms with van der Waals surface area (Å²) in [6.07, 6.45) is 1.58. The van der Waals surface area contributed by atoms with Crippen LogP contribution in [0.2, 0.25) is 0 Å². The maximum absolute atomic E-state index is 10.9. The summed E-state index contributed by atoms with van der Waals surface area (Å²) in [7, 11) is 1.55. The molecule has 1 aromatic carbocycles. The summed E-state index contributed by atoms with van der Waals surface area (Å²) in [6.45, 7) is 0.552. The van der Waals surface area contributed by atoms with Gasteiger partial charge in [0.05, 0.1) is 12.2 Å². The minimum Gasteiger partial charge on any atom is -0.248 e. The van der Waals surface area contributed by atoms with E-state index >= 15 is 0 Å². The van der Waals surface area contributed by atoms with Crippen molar-refractivity contribution in [2.24, 2.45) is 0 Å². The number of nitrogens with zero attached hydrogens (tertiary/aromatic N) is 3. The summed E-state index contributed by atoms with van der Waals surface area (Å²) in [4.78, 5) is 0. The van der Waals surface area contributed by atoms with Crippen LogP contribution in [0.4, 0.5) is 0 Å². The summed E-state index contributed by atoms with van der Waals surface area (Å²) in [5.74, 6) is -0.302. The molecule has 0 fully saturated rings. The van der Waals surface area contributed by atoms with Gasteiger partial charge in [0, 0.05) is 16.9 Å². The molecule has 2 aromatic rings. The SMILES string of the molecule is O=S(=O)(Cl)Cc1cn(Cc2ccccc2)nn1. The molecule has 0 saturated heterocycles. The highest BCUT2D eigenvalue weighted by Gasteiger charge is 2.10. The number of hydrogen-bond donors (Lipinski definition) is 0. The molecular formula is C10H10ClN3O2S. The summed E-state index contributed by atoms with van der Waals surface area (Å²) in [5.41, 5.74) is 1.41. The predicted molar refractivity (Wildman–Crippen MR) is 64.0 cm³/mol. The zero-order chi connectivity index (χ0) is 12.3. The first-order chi connectivity index (χ1) is 8.03. The van der Waals surface area contributed by atoms with E-state index in [1.807, 2.05) is 30.3 Å². The fourth-order valence-corrected chi connectivity index (χ4v) is 2.25. The molecule has 0 saturated carbocycles. The van der Waals surface area contributed by atoms with E-state index in [1.165, 1.54) is 0 Å². The van der Waals surface area contributed by atoms with Gasteiger partial charge in [-0.25, -0.2) is 13.1 Å². The number of halogens is 1. The molecule has 0 aliphatic rings. The van der Waals surface area contributed by atoms with Gasteiger partial charge in [0.1, 0.15) is 5.75 Å². The third-order valence-corrected chi connectivity index (χ3v) is 3.06. The summed E-state index contributed by atoms with van der Waals surface area (Å²) < 4.78 is 23.3. The maximum Gasteiger partial charge on any atom is 0.238 e. The first kappa shape index (κ1) is 12.1. The van der Waals surface area contributed by atoms with Crippen LogP contribution in [0, 0.1) is 0 Å². The van der Waals surface area contributed by atoms with Gasteiger partial charge >= 0.3 is 0 Å². The molecule has 7 heteroatoms. The standard InChI is InChI=1S/C10H10ClN3O2S/c11-17(15,16)8-10-7-14(13-12-10)6-9-4-2-1-3-5-9/h1-5,7H,6,8H2. The highest BCUT2D eigenvalue weighted by molar-refractivity contribution is 8.13. The monoisotopic (exact) mass is 271 g/mol. The van der Waals surface area contributed by atoms with Gasteiger partial charge in [0.15, 0.2) is 0 Å². The molecule has 5 nitrogen and oxygen atoms in total. The van der Waals surface area contributed by atoms with E-state index in [-0.39, 0.29) is 5.75 Å². The first-order valence-corrected chi connectivity index (χ1v) is 7.36. The summed E-state index contributed by atoms with van der Waals surface area (Å²) >= 11 is 0. The second-order valence-electron chi connectivity index (χ2n) is 3.58. The van der Waals surface area contributed by atoms with Crippen LogP contribution in [0.5, 0.6) is 0 Å². The molecule has 2 rings (SSSR count). The van der Waals surface area contributed by atoms with E-state index in [1.54, 1.807) is 10.9 Å². The van der Waals surface area contributed by atoms with Gasteiger partial charge in [-0.15, -0.1) is 5.10 Å². The molecule has 0 N–H and O–H groups in total. The zero-order valence-electron chi connectivity index (χ0n) is 8.82. The van der Waals surface area contributed by atoms with Gasteiger partial charge in [0.2, 0.25) is 9.05 Å². The smallest absolute Gasteiger partial charge is 0.238 e. The summed E-state index contributed by atoms with van der Waals surface area (Å²) in [5, 5.41) is 7.59. The number of aromatic nitrogens is 3. The normalized spacial score (nSPS) is 11.6. The zero-order valence-corrected chi connectivity index (χ0v) is 10.4. The van der Waals surface area contributed by atoms with Gasteiger partial charge in [0.25, 0.3) is 0 Å². The van der Waals surface area contributed by atoms with Gasteiger partial charge < -0.3 is 0 Å². The molecule has 0 radical (unpaired) electrons. The largest absolute Gasteiger partial charge is 0.248 e. The Morgan fingerprint density at radius 1 is 1.24 bits per heavy atom. The van der Waals surface area contributed by atoms with Crippen molar-refractivity contribution in [1.82, 2.24) is 15.0 Å². The molecule has 1 aromatic heterocycles. The average Bonchev–Trinajstić information content (AvgIpc) is 2.64. The van der Waals surface area contributed by atoms with Gasteiger partial charge in [-0.3, -0.25) is 0 Å². The lowest BCUT2D eigenvalue weighted by Gasteiger charge is -1.99. The Morgan fingerprint density at radius 3 is 2.59 bits per heavy atom. The van der Waals surface area contributed by atoms with Crippen molar-refractivity contribution in [2.45, 2.75) is 12.3 Å². The molecular weight excluding hydrogens is 262 g/mol. The molecule has 0 amide bonds. The fourth-order valence-electron chi connectivity index (χ4n) is 1.43. The molecule has 0 spiro atoms. The average molecular weight is 272 g/mol. The van der Waals surface area contributed by atoms with Crippen molar-refractivity contribution in [3.8, 4) is 0 Å². The predicted octanol–water partition coefficient (Wildman–Crippen LogP) is 1.40. The topological polar surface area (TPSA) is 64.8 Å². The quantitative estimate of drug-likeness (QED) is 0.789. The Kier molecular flexibility index (Phi) is 3.44. The molecule has 17 heavy (non-hydrogen) atoms. The van der Waals surface area contributed by atoms with Crippen LogP contribution in [0.3, 0.4) is 0 Å². The van der Waals surface area contributed by atoms with E-state index in [2.05, 4.69) is 10.3 Å². The van der Waals surface area contributed by atoms with E-state index < -0.39 is 9.05 Å². The van der Waals surface area contributed by atoms with Crippen molar-refractivity contribution >= 4 is 19.7 Å². The van der Waals surface area contributed by atoms with Crippen molar-refractivity contribution in [2.75, 3.05) is 0 Å². The highest BCUT2D eigenvalue weighted by atomic mass is 35.7. The maximum atomic E-state index is 10.9. The van der Waals surface area contributed by atoms with E-state index in [4.69, 9.17) is 10.7 Å². The molecule has 0 unspecified atom stereocenters. The van der Waals surface area contributed by atoms with Crippen LogP contribution >= 0.6 is 10.7 Å². The third kappa shape index (κ3) is 3.83. The van der Waals surface area contributed by atoms with Crippen molar-refractivity contribution in [3.05, 3.63) is 47.8 Å². The Hall–Kier alpha value is -1.40. The van der Waals surface area contributed by atoms with Crippen molar-refractivity contribution in [1.29, 1.82) is 0 Å². The van der Waals surface area contributed by atoms with Crippen molar-refractivity contribution < 1.29 is 8.42 Å². The number of benzene rings is 1. The minimum absolute atomic E-state index is 0.302. The van der Waals surface area contributed by atoms with E-state index in [0.29, 0.717) is 12.2 Å². The van der Waals surface area contributed by atoms with Gasteiger partial charge in [-0.05, 0) is 5.56 Å². The Labute approximate surface area is 103 Å². The van der Waals surface area contributed by atoms with Gasteiger partial charge in [-0.1, -0.05) is 35.5 Å². The minimum atomic E-state index is -3.58. The fraction of sp³-hybridized carbons (Fsp3) is 0.200. The Bertz CT molecular complexity index is 595. The van der Waals surface area contributed by atoms with Crippen LogP contribution in [-0.4, -0.2) is 23.4 Å². The van der Waals surface area contributed by atoms with Crippen molar-refractivity contribution in [3.63, 3.8) is 0 Å². The first-order valence-electron chi connectivity index (χ1n) is 4.88. The van der Waals surface area contributed by atoms with E-state index in [9.17, 15) is 8.42 Å². The molecule has 90 valence electrons. The lowest BCUT2D eigenvalue weighted by atomic mass is 10.2. The Morgan fingerprint density at radius 2 is 1.94 bits per heavy atom. The Balaban J connectivity index is 2.09. The van der Waals surface area contributed by atoms with Crippen LogP contribution in [0.15, 0.2) is 36.5 Å². The second kappa shape index (κ2) is 4.85. The molecule has 1 heterocycles. The summed E-state index contributed by atoms with van der Waals surface area (Å²) in [6, 6.07) is 9.70. The molecule has 0 aliphatic heterocycles.